The Labute approximate surface area is 292 Å². The third-order valence-electron chi connectivity index (χ3n) is 14.2. The molecule has 0 aromatic carbocycles. The van der Waals surface area contributed by atoms with Gasteiger partial charge in [0.1, 0.15) is 6.79 Å². The molecule has 0 bridgehead atoms. The van der Waals surface area contributed by atoms with Gasteiger partial charge in [-0.1, -0.05) is 54.0 Å². The molecular formula is C41H71NO6. The molecule has 0 aromatic heterocycles. The minimum absolute atomic E-state index is 0.0367. The Balaban J connectivity index is 0.00000118. The largest absolute Gasteiger partial charge is 0.481 e. The van der Waals surface area contributed by atoms with Crippen molar-refractivity contribution in [2.24, 2.45) is 61.9 Å². The van der Waals surface area contributed by atoms with Crippen LogP contribution >= 0.6 is 0 Å². The minimum Gasteiger partial charge on any atom is -0.481 e. The molecule has 5 aliphatic rings. The summed E-state index contributed by atoms with van der Waals surface area (Å²) < 4.78 is 12.7. The molecule has 48 heavy (non-hydrogen) atoms. The number of aliphatic carboxylic acids is 1. The summed E-state index contributed by atoms with van der Waals surface area (Å²) in [7, 11) is 0. The van der Waals surface area contributed by atoms with Crippen LogP contribution in [-0.2, 0) is 23.9 Å². The SMILES string of the molecule is C=CC.C=O.CC(C)(COC1CCC2(C)C(CCC3(C)C2CCC2(N)C4CCCC4(COC(=O)C(C)(C)C)CCC32)C1(C)C)CC(=O)O. The number of carboxylic acid groups (broad SMARTS) is 1. The Morgan fingerprint density at radius 1 is 0.833 bits per heavy atom. The van der Waals surface area contributed by atoms with E-state index in [0.29, 0.717) is 36.9 Å². The van der Waals surface area contributed by atoms with Gasteiger partial charge in [0, 0.05) is 11.0 Å². The second kappa shape index (κ2) is 14.5. The number of esters is 1. The summed E-state index contributed by atoms with van der Waals surface area (Å²) in [5.74, 6) is 1.33. The number of ether oxygens (including phenoxy) is 2. The maximum atomic E-state index is 12.8. The fraction of sp³-hybridized carbons (Fsp3) is 0.878. The number of rotatable bonds is 7. The maximum absolute atomic E-state index is 12.8. The molecule has 0 saturated heterocycles. The molecule has 5 aliphatic carbocycles. The third kappa shape index (κ3) is 7.34. The molecule has 0 radical (unpaired) electrons. The molecule has 7 heteroatoms. The molecule has 5 fully saturated rings. The van der Waals surface area contributed by atoms with Gasteiger partial charge < -0.3 is 25.1 Å². The highest BCUT2D eigenvalue weighted by Gasteiger charge is 2.69. The zero-order chi connectivity index (χ0) is 36.6. The molecule has 5 rings (SSSR count). The monoisotopic (exact) mass is 674 g/mol. The van der Waals surface area contributed by atoms with Crippen molar-refractivity contribution in [2.45, 2.75) is 158 Å². The van der Waals surface area contributed by atoms with Crippen LogP contribution in [0, 0.1) is 56.2 Å². The Morgan fingerprint density at radius 2 is 1.38 bits per heavy atom. The average Bonchev–Trinajstić information content (AvgIpc) is 3.41. The van der Waals surface area contributed by atoms with Gasteiger partial charge in [-0.05, 0) is 137 Å². The summed E-state index contributed by atoms with van der Waals surface area (Å²) in [5, 5.41) is 9.37. The van der Waals surface area contributed by atoms with Crippen LogP contribution in [0.25, 0.3) is 0 Å². The van der Waals surface area contributed by atoms with Crippen LogP contribution < -0.4 is 5.73 Å². The Bertz CT molecular complexity index is 1160. The molecule has 9 unspecified atom stereocenters. The second-order valence-electron chi connectivity index (χ2n) is 19.3. The molecule has 5 saturated carbocycles. The number of hydrogen-bond donors (Lipinski definition) is 2. The number of hydrogen-bond acceptors (Lipinski definition) is 6. The van der Waals surface area contributed by atoms with Crippen molar-refractivity contribution in [3.8, 4) is 0 Å². The van der Waals surface area contributed by atoms with Crippen LogP contribution in [0.4, 0.5) is 0 Å². The lowest BCUT2D eigenvalue weighted by Gasteiger charge is -2.71. The van der Waals surface area contributed by atoms with Crippen molar-refractivity contribution in [1.82, 2.24) is 0 Å². The van der Waals surface area contributed by atoms with E-state index in [-0.39, 0.29) is 51.1 Å². The number of fused-ring (bicyclic) bond motifs is 7. The molecule has 9 atom stereocenters. The van der Waals surface area contributed by atoms with Gasteiger partial charge in [-0.15, -0.1) is 6.58 Å². The first kappa shape index (κ1) is 40.7. The predicted octanol–water partition coefficient (Wildman–Crippen LogP) is 9.02. The number of allylic oxidation sites excluding steroid dienone is 1. The highest BCUT2D eigenvalue weighted by Crippen LogP contribution is 2.73. The van der Waals surface area contributed by atoms with Crippen LogP contribution in [0.15, 0.2) is 12.7 Å². The Kier molecular flexibility index (Phi) is 12.3. The number of nitrogens with two attached hydrogens (primary N) is 1. The van der Waals surface area contributed by atoms with Crippen LogP contribution in [0.5, 0.6) is 0 Å². The molecule has 0 aromatic rings. The van der Waals surface area contributed by atoms with E-state index in [2.05, 4.69) is 34.3 Å². The average molecular weight is 674 g/mol. The summed E-state index contributed by atoms with van der Waals surface area (Å²) >= 11 is 0. The van der Waals surface area contributed by atoms with Crippen molar-refractivity contribution in [1.29, 1.82) is 0 Å². The van der Waals surface area contributed by atoms with E-state index in [4.69, 9.17) is 20.0 Å². The lowest BCUT2D eigenvalue weighted by atomic mass is 9.35. The van der Waals surface area contributed by atoms with Gasteiger partial charge in [0.2, 0.25) is 0 Å². The zero-order valence-corrected chi connectivity index (χ0v) is 32.3. The quantitative estimate of drug-likeness (QED) is 0.205. The van der Waals surface area contributed by atoms with E-state index < -0.39 is 11.4 Å². The first-order valence-electron chi connectivity index (χ1n) is 18.8. The van der Waals surface area contributed by atoms with Gasteiger partial charge in [-0.2, -0.15) is 0 Å². The Morgan fingerprint density at radius 3 is 1.96 bits per heavy atom. The van der Waals surface area contributed by atoms with Crippen molar-refractivity contribution >= 4 is 18.7 Å². The number of carbonyl (C=O) groups is 3. The molecule has 3 N–H and O–H groups in total. The van der Waals surface area contributed by atoms with Gasteiger partial charge >= 0.3 is 11.9 Å². The van der Waals surface area contributed by atoms with E-state index in [1.54, 1.807) is 6.08 Å². The molecule has 276 valence electrons. The second-order valence-corrected chi connectivity index (χ2v) is 19.3. The van der Waals surface area contributed by atoms with Crippen LogP contribution in [-0.4, -0.2) is 48.7 Å². The lowest BCUT2D eigenvalue weighted by molar-refractivity contribution is -0.230. The predicted molar refractivity (Wildman–Crippen MR) is 193 cm³/mol. The normalized spacial score (nSPS) is 39.8. The first-order chi connectivity index (χ1) is 22.1. The fourth-order valence-corrected chi connectivity index (χ4v) is 12.3. The van der Waals surface area contributed by atoms with Crippen LogP contribution in [0.2, 0.25) is 0 Å². The first-order valence-corrected chi connectivity index (χ1v) is 18.8. The molecule has 0 aliphatic heterocycles. The van der Waals surface area contributed by atoms with Crippen LogP contribution in [0.1, 0.15) is 146 Å². The highest BCUT2D eigenvalue weighted by atomic mass is 16.5. The minimum atomic E-state index is -0.757. The Hall–Kier alpha value is -1.73. The van der Waals surface area contributed by atoms with Gasteiger partial charge in [0.05, 0.1) is 31.2 Å². The van der Waals surface area contributed by atoms with Gasteiger partial charge in [0.15, 0.2) is 0 Å². The zero-order valence-electron chi connectivity index (χ0n) is 32.3. The van der Waals surface area contributed by atoms with Crippen molar-refractivity contribution in [3.05, 3.63) is 12.7 Å². The smallest absolute Gasteiger partial charge is 0.311 e. The van der Waals surface area contributed by atoms with Crippen LogP contribution in [0.3, 0.4) is 0 Å². The van der Waals surface area contributed by atoms with E-state index in [1.165, 1.54) is 38.5 Å². The molecule has 0 heterocycles. The number of carboxylic acids is 1. The highest BCUT2D eigenvalue weighted by molar-refractivity contribution is 5.75. The molecule has 7 nitrogen and oxygen atoms in total. The van der Waals surface area contributed by atoms with E-state index in [0.717, 1.165) is 32.1 Å². The molecule has 0 amide bonds. The van der Waals surface area contributed by atoms with E-state index >= 15 is 0 Å². The summed E-state index contributed by atoms with van der Waals surface area (Å²) in [6, 6.07) is 0. The van der Waals surface area contributed by atoms with Crippen molar-refractivity contribution < 1.29 is 29.0 Å². The summed E-state index contributed by atoms with van der Waals surface area (Å²) in [6.07, 6.45) is 14.8. The fourth-order valence-electron chi connectivity index (χ4n) is 12.3. The molecular weight excluding hydrogens is 602 g/mol. The van der Waals surface area contributed by atoms with E-state index in [1.807, 2.05) is 48.3 Å². The van der Waals surface area contributed by atoms with E-state index in [9.17, 15) is 14.7 Å². The van der Waals surface area contributed by atoms with Gasteiger partial charge in [-0.25, -0.2) is 0 Å². The van der Waals surface area contributed by atoms with Gasteiger partial charge in [-0.3, -0.25) is 9.59 Å². The third-order valence-corrected chi connectivity index (χ3v) is 14.2. The summed E-state index contributed by atoms with van der Waals surface area (Å²) in [6.45, 7) is 28.2. The number of carbonyl (C=O) groups excluding carboxylic acids is 2. The topological polar surface area (TPSA) is 116 Å². The summed E-state index contributed by atoms with van der Waals surface area (Å²) in [5.41, 5.74) is 7.25. The summed E-state index contributed by atoms with van der Waals surface area (Å²) in [4.78, 5) is 32.2. The lowest BCUT2D eigenvalue weighted by Crippen LogP contribution is -2.71. The maximum Gasteiger partial charge on any atom is 0.311 e. The standard InChI is InChI=1S/C37H63NO5.C3H6.CH2O/c1-31(2,3)30(41)43-23-36-16-10-11-27(36)37(38)20-14-25-34(8)18-15-28(42-22-32(4,5)21-29(39)40)33(6,7)24(34)12-17-35(25,9)26(37)13-19-36;1-3-2;1-2/h24-28H,10-23,38H2,1-9H3,(H,39,40);3H,1H2,2H3;1H2. The van der Waals surface area contributed by atoms with Crippen molar-refractivity contribution in [3.63, 3.8) is 0 Å². The molecule has 0 spiro atoms. The van der Waals surface area contributed by atoms with Crippen molar-refractivity contribution in [2.75, 3.05) is 13.2 Å². The van der Waals surface area contributed by atoms with Gasteiger partial charge in [0.25, 0.3) is 0 Å².